The maximum atomic E-state index is 12.5. The molecule has 0 aromatic heterocycles. The van der Waals surface area contributed by atoms with Crippen LogP contribution < -0.4 is 11.7 Å². The molecule has 0 bridgehead atoms. The Labute approximate surface area is 163 Å². The summed E-state index contributed by atoms with van der Waals surface area (Å²) >= 11 is 0. The first kappa shape index (κ1) is 28.9. The number of sulfone groups is 1. The van der Waals surface area contributed by atoms with E-state index in [1.165, 1.54) is 0 Å². The molecule has 12 N–H and O–H groups in total. The molecule has 1 aliphatic rings. The minimum absolute atomic E-state index is 0.974. The van der Waals surface area contributed by atoms with Crippen molar-refractivity contribution in [3.63, 3.8) is 0 Å². The Balaban J connectivity index is 0.00000379. The Bertz CT molecular complexity index is 917. The topological polar surface area (TPSA) is 316 Å². The fourth-order valence-electron chi connectivity index (χ4n) is 2.32. The first-order chi connectivity index (χ1) is 12.6. The SMILES string of the molecule is NN.O=P(O)(O)CC1=C(CP(=O)(O)O)S(=O)(=O)C(CP(=O)(O)O)=C1CP(=O)(O)O. The van der Waals surface area contributed by atoms with E-state index < -0.39 is 85.8 Å². The summed E-state index contributed by atoms with van der Waals surface area (Å²) in [7, 11) is -25.6. The van der Waals surface area contributed by atoms with Gasteiger partial charge in [0.25, 0.3) is 0 Å². The second-order valence-electron chi connectivity index (χ2n) is 5.60. The number of allylic oxidation sites excluding steroid dienone is 4. The highest BCUT2D eigenvalue weighted by atomic mass is 32.2. The molecule has 1 aliphatic heterocycles. The van der Waals surface area contributed by atoms with Gasteiger partial charge in [-0.1, -0.05) is 0 Å². The highest BCUT2D eigenvalue weighted by molar-refractivity contribution is 8.00. The van der Waals surface area contributed by atoms with Crippen LogP contribution >= 0.6 is 30.4 Å². The van der Waals surface area contributed by atoms with Crippen LogP contribution in [0.15, 0.2) is 21.0 Å². The van der Waals surface area contributed by atoms with Gasteiger partial charge >= 0.3 is 30.4 Å². The van der Waals surface area contributed by atoms with E-state index in [-0.39, 0.29) is 0 Å². The first-order valence-electron chi connectivity index (χ1n) is 6.83. The third kappa shape index (κ3) is 9.74. The van der Waals surface area contributed by atoms with Crippen LogP contribution in [0.2, 0.25) is 0 Å². The van der Waals surface area contributed by atoms with Gasteiger partial charge in [0.2, 0.25) is 9.84 Å². The summed E-state index contributed by atoms with van der Waals surface area (Å²) < 4.78 is 70.2. The molecular weight excluding hydrogens is 504 g/mol. The van der Waals surface area contributed by atoms with E-state index in [0.29, 0.717) is 0 Å². The normalized spacial score (nSPS) is 18.0. The number of hydrazine groups is 1. The molecule has 16 nitrogen and oxygen atoms in total. The van der Waals surface area contributed by atoms with E-state index in [0.717, 1.165) is 0 Å². The fourth-order valence-corrected chi connectivity index (χ4v) is 8.96. The van der Waals surface area contributed by atoms with Crippen molar-refractivity contribution < 1.29 is 65.8 Å². The molecule has 0 saturated heterocycles. The quantitative estimate of drug-likeness (QED) is 0.0887. The van der Waals surface area contributed by atoms with Crippen molar-refractivity contribution in [1.82, 2.24) is 0 Å². The number of hydrogen-bond donors (Lipinski definition) is 10. The van der Waals surface area contributed by atoms with E-state index in [1.54, 1.807) is 0 Å². The predicted molar refractivity (Wildman–Crippen MR) is 99.0 cm³/mol. The largest absolute Gasteiger partial charge is 0.330 e. The molecule has 0 atom stereocenters. The first-order valence-corrected chi connectivity index (χ1v) is 15.5. The molecule has 1 heterocycles. The van der Waals surface area contributed by atoms with E-state index in [9.17, 15) is 26.7 Å². The number of rotatable bonds is 8. The van der Waals surface area contributed by atoms with Gasteiger partial charge in [-0.3, -0.25) is 29.9 Å². The monoisotopic (exact) mass is 524 g/mol. The predicted octanol–water partition coefficient (Wildman–Crippen LogP) is -2.55. The highest BCUT2D eigenvalue weighted by Crippen LogP contribution is 2.54. The van der Waals surface area contributed by atoms with Crippen molar-refractivity contribution >= 4 is 40.2 Å². The third-order valence-electron chi connectivity index (χ3n) is 3.11. The Morgan fingerprint density at radius 3 is 0.931 bits per heavy atom. The van der Waals surface area contributed by atoms with Crippen LogP contribution in [0.5, 0.6) is 0 Å². The zero-order valence-electron chi connectivity index (χ0n) is 14.2. The second kappa shape index (κ2) is 9.61. The van der Waals surface area contributed by atoms with Crippen molar-refractivity contribution in [2.24, 2.45) is 11.7 Å². The molecule has 0 aliphatic carbocycles. The molecule has 0 aromatic carbocycles. The fraction of sp³-hybridized carbons (Fsp3) is 0.500. The summed E-state index contributed by atoms with van der Waals surface area (Å²) in [6.07, 6.45) is -6.05. The maximum absolute atomic E-state index is 12.5. The zero-order chi connectivity index (χ0) is 23.6. The van der Waals surface area contributed by atoms with Crippen LogP contribution in [-0.2, 0) is 28.1 Å². The molecule has 0 fully saturated rings. The zero-order valence-corrected chi connectivity index (χ0v) is 18.6. The maximum Gasteiger partial charge on any atom is 0.330 e. The number of hydrogen-bond acceptors (Lipinski definition) is 8. The van der Waals surface area contributed by atoms with E-state index in [1.807, 2.05) is 0 Å². The van der Waals surface area contributed by atoms with Crippen molar-refractivity contribution in [3.05, 3.63) is 21.0 Å². The summed E-state index contributed by atoms with van der Waals surface area (Å²) in [6.45, 7) is 0. The van der Waals surface area contributed by atoms with Gasteiger partial charge < -0.3 is 39.1 Å². The highest BCUT2D eigenvalue weighted by Gasteiger charge is 2.45. The second-order valence-corrected chi connectivity index (χ2v) is 14.2. The lowest BCUT2D eigenvalue weighted by Crippen LogP contribution is -2.11. The van der Waals surface area contributed by atoms with Crippen molar-refractivity contribution in [1.29, 1.82) is 0 Å². The summed E-state index contributed by atoms with van der Waals surface area (Å²) in [4.78, 5) is 70.2. The van der Waals surface area contributed by atoms with Crippen molar-refractivity contribution in [3.8, 4) is 0 Å². The summed E-state index contributed by atoms with van der Waals surface area (Å²) in [6, 6.07) is 0. The van der Waals surface area contributed by atoms with Crippen LogP contribution in [0.1, 0.15) is 0 Å². The van der Waals surface area contributed by atoms with Crippen molar-refractivity contribution in [2.75, 3.05) is 24.6 Å². The lowest BCUT2D eigenvalue weighted by Gasteiger charge is -2.13. The Morgan fingerprint density at radius 2 is 0.759 bits per heavy atom. The Kier molecular flexibility index (Phi) is 9.60. The van der Waals surface area contributed by atoms with Crippen molar-refractivity contribution in [2.45, 2.75) is 0 Å². The standard InChI is InChI=1S/C8H16O14P4S.H4N2/c9-23(10,11)1-5-6(2-24(12,13)14)8(4-26(18,19)20)27(21,22)7(5)3-25(15,16)17;1-2/h1-4H2,(H2,9,10,11)(H2,12,13,14)(H2,15,16,17)(H2,18,19,20);1-2H2. The van der Waals surface area contributed by atoms with Gasteiger partial charge in [0.1, 0.15) is 0 Å². The van der Waals surface area contributed by atoms with Gasteiger partial charge in [0.15, 0.2) is 0 Å². The van der Waals surface area contributed by atoms with Crippen LogP contribution in [0, 0.1) is 0 Å². The van der Waals surface area contributed by atoms with Gasteiger partial charge in [0, 0.05) is 0 Å². The molecule has 1 rings (SSSR count). The van der Waals surface area contributed by atoms with E-state index in [4.69, 9.17) is 39.1 Å². The minimum atomic E-state index is -5.16. The summed E-state index contributed by atoms with van der Waals surface area (Å²) in [5.74, 6) is 8.00. The van der Waals surface area contributed by atoms with Crippen LogP contribution in [0.25, 0.3) is 0 Å². The smallest absolute Gasteiger partial charge is 0.324 e. The lowest BCUT2D eigenvalue weighted by molar-refractivity contribution is 0.371. The molecule has 0 aromatic rings. The molecule has 29 heavy (non-hydrogen) atoms. The Morgan fingerprint density at radius 1 is 0.552 bits per heavy atom. The van der Waals surface area contributed by atoms with Gasteiger partial charge in [-0.15, -0.1) is 0 Å². The van der Waals surface area contributed by atoms with Gasteiger partial charge in [-0.05, 0) is 11.1 Å². The molecule has 0 amide bonds. The molecule has 0 spiro atoms. The molecule has 0 saturated carbocycles. The average molecular weight is 524 g/mol. The van der Waals surface area contributed by atoms with Gasteiger partial charge in [0.05, 0.1) is 34.5 Å². The van der Waals surface area contributed by atoms with E-state index in [2.05, 4.69) is 11.7 Å². The Hall–Kier alpha value is -0.0500. The summed E-state index contributed by atoms with van der Waals surface area (Å²) in [5, 5.41) is 0. The van der Waals surface area contributed by atoms with E-state index >= 15 is 0 Å². The lowest BCUT2D eigenvalue weighted by atomic mass is 10.1. The minimum Gasteiger partial charge on any atom is -0.324 e. The summed E-state index contributed by atoms with van der Waals surface area (Å²) in [5.41, 5.74) is -1.95. The van der Waals surface area contributed by atoms with Crippen LogP contribution in [0.4, 0.5) is 0 Å². The van der Waals surface area contributed by atoms with Gasteiger partial charge in [-0.2, -0.15) is 0 Å². The average Bonchev–Trinajstić information content (AvgIpc) is 2.58. The molecule has 21 heteroatoms. The third-order valence-corrected chi connectivity index (χ3v) is 8.53. The molecule has 0 unspecified atom stereocenters. The molecule has 172 valence electrons. The molecular formula is C8H20N2O14P4S. The molecule has 0 radical (unpaired) electrons. The van der Waals surface area contributed by atoms with Crippen LogP contribution in [0.3, 0.4) is 0 Å². The van der Waals surface area contributed by atoms with Crippen LogP contribution in [-0.4, -0.2) is 72.2 Å². The number of nitrogens with two attached hydrogens (primary N) is 2. The van der Waals surface area contributed by atoms with Gasteiger partial charge in [-0.25, -0.2) is 8.42 Å².